The number of likely N-dealkylation sites (tertiary alicyclic amines) is 1. The smallest absolute Gasteiger partial charge is 0.326 e. The Labute approximate surface area is 229 Å². The Morgan fingerprint density at radius 1 is 1.00 bits per heavy atom. The molecule has 7 heteroatoms. The molecule has 3 N–H and O–H groups in total. The van der Waals surface area contributed by atoms with E-state index in [1.54, 1.807) is 42.5 Å². The number of nitrogens with one attached hydrogen (secondary N) is 1. The van der Waals surface area contributed by atoms with Crippen molar-refractivity contribution in [2.75, 3.05) is 19.6 Å². The van der Waals surface area contributed by atoms with Gasteiger partial charge < -0.3 is 20.4 Å². The molecule has 0 spiro atoms. The summed E-state index contributed by atoms with van der Waals surface area (Å²) in [5.41, 5.74) is 2.90. The van der Waals surface area contributed by atoms with Crippen molar-refractivity contribution in [2.24, 2.45) is 5.92 Å². The second-order valence-electron chi connectivity index (χ2n) is 10.7. The zero-order chi connectivity index (χ0) is 28.0. The summed E-state index contributed by atoms with van der Waals surface area (Å²) in [6.07, 6.45) is 1.24. The Kier molecular flexibility index (Phi) is 8.82. The van der Waals surface area contributed by atoms with Crippen LogP contribution in [0.3, 0.4) is 0 Å². The van der Waals surface area contributed by atoms with E-state index in [1.807, 2.05) is 30.3 Å². The fourth-order valence-electron chi connectivity index (χ4n) is 5.32. The van der Waals surface area contributed by atoms with Crippen molar-refractivity contribution in [3.8, 4) is 5.75 Å². The molecule has 7 nitrogen and oxygen atoms in total. The average Bonchev–Trinajstić information content (AvgIpc) is 2.94. The number of aromatic hydroxyl groups is 1. The van der Waals surface area contributed by atoms with E-state index < -0.39 is 12.0 Å². The van der Waals surface area contributed by atoms with Crippen LogP contribution >= 0.6 is 0 Å². The molecule has 39 heavy (non-hydrogen) atoms. The Hall–Kier alpha value is -3.97. The van der Waals surface area contributed by atoms with Gasteiger partial charge in [-0.25, -0.2) is 4.79 Å². The normalized spacial score (nSPS) is 20.2. The summed E-state index contributed by atoms with van der Waals surface area (Å²) in [5, 5.41) is 22.3. The molecule has 0 saturated carbocycles. The van der Waals surface area contributed by atoms with Crippen LogP contribution in [0.25, 0.3) is 0 Å². The van der Waals surface area contributed by atoms with Crippen molar-refractivity contribution >= 4 is 17.7 Å². The predicted molar refractivity (Wildman–Crippen MR) is 150 cm³/mol. The molecule has 3 atom stereocenters. The monoisotopic (exact) mass is 528 g/mol. The van der Waals surface area contributed by atoms with E-state index in [0.717, 1.165) is 30.6 Å². The number of carboxylic acids is 1. The summed E-state index contributed by atoms with van der Waals surface area (Å²) in [5.74, 6) is -0.905. The molecule has 1 fully saturated rings. The van der Waals surface area contributed by atoms with Gasteiger partial charge in [0.25, 0.3) is 0 Å². The highest BCUT2D eigenvalue weighted by Gasteiger charge is 2.38. The molecule has 0 bridgehead atoms. The van der Waals surface area contributed by atoms with Crippen molar-refractivity contribution in [3.05, 3.63) is 101 Å². The average molecular weight is 529 g/mol. The van der Waals surface area contributed by atoms with E-state index in [0.29, 0.717) is 23.6 Å². The number of benzene rings is 3. The minimum Gasteiger partial charge on any atom is -0.508 e. The summed E-state index contributed by atoms with van der Waals surface area (Å²) >= 11 is 0. The topological polar surface area (TPSA) is 107 Å². The van der Waals surface area contributed by atoms with Gasteiger partial charge in [-0.05, 0) is 47.6 Å². The molecular formula is C32H36N2O5. The second-order valence-corrected chi connectivity index (χ2v) is 10.7. The lowest BCUT2D eigenvalue weighted by molar-refractivity contribution is -0.141. The number of nitrogens with zero attached hydrogens (tertiary/aromatic N) is 1. The fourth-order valence-corrected chi connectivity index (χ4v) is 5.32. The summed E-state index contributed by atoms with van der Waals surface area (Å²) < 4.78 is 0. The van der Waals surface area contributed by atoms with Gasteiger partial charge in [-0.15, -0.1) is 0 Å². The molecule has 0 unspecified atom stereocenters. The highest BCUT2D eigenvalue weighted by Crippen LogP contribution is 2.40. The van der Waals surface area contributed by atoms with Crippen molar-refractivity contribution in [3.63, 3.8) is 0 Å². The van der Waals surface area contributed by atoms with Crippen molar-refractivity contribution < 1.29 is 24.6 Å². The number of hydrogen-bond acceptors (Lipinski definition) is 5. The quantitative estimate of drug-likeness (QED) is 0.336. The summed E-state index contributed by atoms with van der Waals surface area (Å²) in [6, 6.07) is 22.2. The molecule has 0 radical (unpaired) electrons. The zero-order valence-electron chi connectivity index (χ0n) is 22.5. The fraction of sp³-hybridized carbons (Fsp3) is 0.344. The summed E-state index contributed by atoms with van der Waals surface area (Å²) in [7, 11) is 0. The molecule has 3 aromatic rings. The number of carbonyl (C=O) groups is 3. The Morgan fingerprint density at radius 3 is 2.33 bits per heavy atom. The number of phenols is 1. The first kappa shape index (κ1) is 28.0. The van der Waals surface area contributed by atoms with E-state index in [1.165, 1.54) is 0 Å². The summed E-state index contributed by atoms with van der Waals surface area (Å²) in [4.78, 5) is 39.4. The van der Waals surface area contributed by atoms with Crippen LogP contribution in [0, 0.1) is 5.92 Å². The molecule has 0 aromatic heterocycles. The summed E-state index contributed by atoms with van der Waals surface area (Å²) in [6.45, 7) is 6.60. The first-order valence-electron chi connectivity index (χ1n) is 13.4. The molecule has 4 rings (SSSR count). The van der Waals surface area contributed by atoms with Gasteiger partial charge in [0.15, 0.2) is 5.78 Å². The molecule has 0 aliphatic carbocycles. The third kappa shape index (κ3) is 6.92. The Bertz CT molecular complexity index is 1310. The molecular weight excluding hydrogens is 492 g/mol. The predicted octanol–water partition coefficient (Wildman–Crippen LogP) is 4.42. The van der Waals surface area contributed by atoms with Gasteiger partial charge >= 0.3 is 5.97 Å². The van der Waals surface area contributed by atoms with Crippen LogP contribution in [0.4, 0.5) is 0 Å². The molecule has 1 heterocycles. The van der Waals surface area contributed by atoms with Crippen LogP contribution < -0.4 is 5.32 Å². The third-order valence-corrected chi connectivity index (χ3v) is 8.05. The van der Waals surface area contributed by atoms with E-state index in [-0.39, 0.29) is 35.7 Å². The largest absolute Gasteiger partial charge is 0.508 e. The van der Waals surface area contributed by atoms with Crippen LogP contribution in [0.1, 0.15) is 53.7 Å². The Morgan fingerprint density at radius 2 is 1.69 bits per heavy atom. The van der Waals surface area contributed by atoms with Crippen LogP contribution in [0.15, 0.2) is 78.9 Å². The number of hydrogen-bond donors (Lipinski definition) is 3. The minimum atomic E-state index is -1.10. The van der Waals surface area contributed by atoms with Crippen LogP contribution in [-0.4, -0.2) is 58.4 Å². The van der Waals surface area contributed by atoms with E-state index >= 15 is 0 Å². The van der Waals surface area contributed by atoms with Crippen molar-refractivity contribution in [2.45, 2.75) is 44.6 Å². The maximum Gasteiger partial charge on any atom is 0.326 e. The van der Waals surface area contributed by atoms with Crippen LogP contribution in [0.5, 0.6) is 5.75 Å². The van der Waals surface area contributed by atoms with Gasteiger partial charge in [0.1, 0.15) is 11.8 Å². The molecule has 1 saturated heterocycles. The van der Waals surface area contributed by atoms with Gasteiger partial charge in [-0.1, -0.05) is 80.6 Å². The lowest BCUT2D eigenvalue weighted by Gasteiger charge is -2.45. The lowest BCUT2D eigenvalue weighted by Crippen LogP contribution is -2.48. The third-order valence-electron chi connectivity index (χ3n) is 8.05. The first-order valence-corrected chi connectivity index (χ1v) is 13.4. The van der Waals surface area contributed by atoms with Gasteiger partial charge in [-0.3, -0.25) is 9.59 Å². The highest BCUT2D eigenvalue weighted by atomic mass is 16.4. The lowest BCUT2D eigenvalue weighted by atomic mass is 9.68. The SMILES string of the molecule is C[C@H]1CN(CCC(=O)N[C@@H](Cc2ccc(C(=O)c3ccccc3)cc2)C(=O)O)CC[C@@]1(C)c1cccc(O)c1. The number of carbonyl (C=O) groups excluding carboxylic acids is 2. The Balaban J connectivity index is 1.28. The second kappa shape index (κ2) is 12.3. The molecule has 204 valence electrons. The number of amides is 1. The van der Waals surface area contributed by atoms with Crippen molar-refractivity contribution in [1.29, 1.82) is 0 Å². The van der Waals surface area contributed by atoms with E-state index in [9.17, 15) is 24.6 Å². The van der Waals surface area contributed by atoms with Gasteiger partial charge in [0, 0.05) is 37.1 Å². The van der Waals surface area contributed by atoms with Gasteiger partial charge in [0.2, 0.25) is 5.91 Å². The number of phenolic OH excluding ortho intramolecular Hbond substituents is 1. The molecule has 1 amide bonds. The van der Waals surface area contributed by atoms with Gasteiger partial charge in [0.05, 0.1) is 0 Å². The molecule has 3 aromatic carbocycles. The maximum absolute atomic E-state index is 12.7. The molecule has 1 aliphatic rings. The number of rotatable bonds is 10. The van der Waals surface area contributed by atoms with Crippen LogP contribution in [0.2, 0.25) is 0 Å². The standard InChI is InChI=1S/C32H36N2O5/c1-22-21-34(18-16-32(22,2)26-9-6-10-27(35)20-26)17-15-29(36)33-28(31(38)39)19-23-11-13-25(14-12-23)30(37)24-7-4-3-5-8-24/h3-14,20,22,28,35H,15-19,21H2,1-2H3,(H,33,36)(H,38,39)/t22-,28-,32+/m0/s1. The number of carboxylic acid groups (broad SMARTS) is 1. The van der Waals surface area contributed by atoms with E-state index in [4.69, 9.17) is 0 Å². The van der Waals surface area contributed by atoms with Crippen molar-refractivity contribution in [1.82, 2.24) is 10.2 Å². The minimum absolute atomic E-state index is 0.0623. The van der Waals surface area contributed by atoms with E-state index in [2.05, 4.69) is 30.1 Å². The first-order chi connectivity index (χ1) is 18.7. The number of piperidine rings is 1. The number of ketones is 1. The maximum atomic E-state index is 12.7. The van der Waals surface area contributed by atoms with Crippen LogP contribution in [-0.2, 0) is 21.4 Å². The van der Waals surface area contributed by atoms with Gasteiger partial charge in [-0.2, -0.15) is 0 Å². The molecule has 1 aliphatic heterocycles. The zero-order valence-corrected chi connectivity index (χ0v) is 22.5. The highest BCUT2D eigenvalue weighted by molar-refractivity contribution is 6.08. The number of aliphatic carboxylic acids is 1.